The first-order valence-corrected chi connectivity index (χ1v) is 8.16. The molecule has 2 aromatic carbocycles. The number of nitro benzene ring substituents is 1. The molecule has 128 valence electrons. The number of nitrogens with zero attached hydrogens (tertiary/aromatic N) is 3. The predicted molar refractivity (Wildman–Crippen MR) is 99.5 cm³/mol. The van der Waals surface area contributed by atoms with E-state index in [0.29, 0.717) is 29.0 Å². The van der Waals surface area contributed by atoms with E-state index >= 15 is 0 Å². The molecule has 0 atom stereocenters. The summed E-state index contributed by atoms with van der Waals surface area (Å²) < 4.78 is 0. The highest BCUT2D eigenvalue weighted by Gasteiger charge is 2.17. The zero-order valence-electron chi connectivity index (χ0n) is 14.1. The van der Waals surface area contributed by atoms with Gasteiger partial charge in [-0.3, -0.25) is 10.1 Å². The highest BCUT2D eigenvalue weighted by molar-refractivity contribution is 5.95. The maximum atomic E-state index is 11.4. The SMILES string of the molecule is CCNc1cc2ncnc(Nc3ccccc3CC)c2cc1[N+](=O)[O-]. The molecule has 3 aromatic rings. The lowest BCUT2D eigenvalue weighted by Gasteiger charge is -2.12. The number of nitro groups is 1. The smallest absolute Gasteiger partial charge is 0.293 e. The van der Waals surface area contributed by atoms with E-state index in [2.05, 4.69) is 27.5 Å². The molecule has 25 heavy (non-hydrogen) atoms. The van der Waals surface area contributed by atoms with Gasteiger partial charge in [0.1, 0.15) is 17.8 Å². The Balaban J connectivity index is 2.13. The van der Waals surface area contributed by atoms with E-state index in [1.807, 2.05) is 31.2 Å². The monoisotopic (exact) mass is 337 g/mol. The lowest BCUT2D eigenvalue weighted by molar-refractivity contribution is -0.383. The molecule has 1 heterocycles. The van der Waals surface area contributed by atoms with Crippen molar-refractivity contribution in [2.75, 3.05) is 17.2 Å². The van der Waals surface area contributed by atoms with Crippen LogP contribution < -0.4 is 10.6 Å². The molecule has 2 N–H and O–H groups in total. The van der Waals surface area contributed by atoms with Crippen molar-refractivity contribution in [3.63, 3.8) is 0 Å². The number of anilines is 3. The molecule has 0 spiro atoms. The van der Waals surface area contributed by atoms with Gasteiger partial charge in [-0.25, -0.2) is 9.97 Å². The van der Waals surface area contributed by atoms with Crippen molar-refractivity contribution in [3.05, 3.63) is 58.4 Å². The number of para-hydroxylation sites is 1. The Morgan fingerprint density at radius 2 is 1.92 bits per heavy atom. The van der Waals surface area contributed by atoms with Crippen LogP contribution >= 0.6 is 0 Å². The average molecular weight is 337 g/mol. The van der Waals surface area contributed by atoms with Gasteiger partial charge in [-0.2, -0.15) is 0 Å². The standard InChI is InChI=1S/C18H19N5O2/c1-3-12-7-5-6-8-14(12)22-18-13-9-17(23(24)25)16(19-4-2)10-15(13)20-11-21-18/h5-11,19H,3-4H2,1-2H3,(H,20,21,22). The van der Waals surface area contributed by atoms with E-state index in [1.54, 1.807) is 6.07 Å². The molecule has 0 bridgehead atoms. The number of rotatable bonds is 6. The number of hydrogen-bond acceptors (Lipinski definition) is 6. The van der Waals surface area contributed by atoms with Gasteiger partial charge >= 0.3 is 0 Å². The third kappa shape index (κ3) is 3.35. The minimum absolute atomic E-state index is 0.0102. The maximum absolute atomic E-state index is 11.4. The summed E-state index contributed by atoms with van der Waals surface area (Å²) in [5.41, 5.74) is 3.19. The van der Waals surface area contributed by atoms with Crippen LogP contribution in [-0.4, -0.2) is 21.4 Å². The van der Waals surface area contributed by atoms with E-state index < -0.39 is 4.92 Å². The van der Waals surface area contributed by atoms with Crippen LogP contribution in [0.2, 0.25) is 0 Å². The fourth-order valence-electron chi connectivity index (χ4n) is 2.75. The summed E-state index contributed by atoms with van der Waals surface area (Å²) in [6.45, 7) is 4.56. The molecule has 0 radical (unpaired) electrons. The van der Waals surface area contributed by atoms with Crippen LogP contribution in [0.4, 0.5) is 22.9 Å². The zero-order chi connectivity index (χ0) is 17.8. The lowest BCUT2D eigenvalue weighted by Crippen LogP contribution is -2.03. The topological polar surface area (TPSA) is 93.0 Å². The molecule has 0 aliphatic carbocycles. The van der Waals surface area contributed by atoms with Crippen LogP contribution in [0.5, 0.6) is 0 Å². The predicted octanol–water partition coefficient (Wildman–Crippen LogP) is 4.28. The second-order valence-electron chi connectivity index (χ2n) is 5.53. The number of nitrogens with one attached hydrogen (secondary N) is 2. The lowest BCUT2D eigenvalue weighted by atomic mass is 10.1. The Morgan fingerprint density at radius 3 is 2.64 bits per heavy atom. The van der Waals surface area contributed by atoms with Gasteiger partial charge in [-0.15, -0.1) is 0 Å². The molecule has 0 fully saturated rings. The van der Waals surface area contributed by atoms with E-state index in [4.69, 9.17) is 0 Å². The first-order valence-electron chi connectivity index (χ1n) is 8.16. The van der Waals surface area contributed by atoms with Crippen LogP contribution in [0, 0.1) is 10.1 Å². The molecule has 0 aliphatic heterocycles. The summed E-state index contributed by atoms with van der Waals surface area (Å²) in [4.78, 5) is 19.6. The molecule has 0 amide bonds. The van der Waals surface area contributed by atoms with Crippen molar-refractivity contribution in [2.24, 2.45) is 0 Å². The number of fused-ring (bicyclic) bond motifs is 1. The van der Waals surface area contributed by atoms with E-state index in [9.17, 15) is 10.1 Å². The summed E-state index contributed by atoms with van der Waals surface area (Å²) in [5, 5.41) is 18.3. The van der Waals surface area contributed by atoms with Crippen LogP contribution in [0.3, 0.4) is 0 Å². The molecule has 0 saturated heterocycles. The van der Waals surface area contributed by atoms with Gasteiger partial charge in [0.05, 0.1) is 10.4 Å². The van der Waals surface area contributed by atoms with Crippen LogP contribution in [-0.2, 0) is 6.42 Å². The first-order chi connectivity index (χ1) is 12.1. The van der Waals surface area contributed by atoms with E-state index in [0.717, 1.165) is 17.7 Å². The molecule has 1 aromatic heterocycles. The summed E-state index contributed by atoms with van der Waals surface area (Å²) in [6.07, 6.45) is 2.33. The second kappa shape index (κ2) is 7.12. The van der Waals surface area contributed by atoms with Crippen LogP contribution in [0.15, 0.2) is 42.7 Å². The highest BCUT2D eigenvalue weighted by atomic mass is 16.6. The number of aromatic nitrogens is 2. The normalized spacial score (nSPS) is 10.6. The Morgan fingerprint density at radius 1 is 1.12 bits per heavy atom. The summed E-state index contributed by atoms with van der Waals surface area (Å²) in [5.74, 6) is 0.553. The maximum Gasteiger partial charge on any atom is 0.293 e. The molecular weight excluding hydrogens is 318 g/mol. The molecule has 7 heteroatoms. The zero-order valence-corrected chi connectivity index (χ0v) is 14.1. The van der Waals surface area contributed by atoms with Gasteiger partial charge in [0, 0.05) is 23.7 Å². The minimum atomic E-state index is -0.395. The van der Waals surface area contributed by atoms with Gasteiger partial charge in [-0.05, 0) is 31.0 Å². The molecule has 3 rings (SSSR count). The van der Waals surface area contributed by atoms with E-state index in [-0.39, 0.29) is 5.69 Å². The largest absolute Gasteiger partial charge is 0.380 e. The molecule has 0 aliphatic rings. The highest BCUT2D eigenvalue weighted by Crippen LogP contribution is 2.33. The third-order valence-corrected chi connectivity index (χ3v) is 3.97. The Kier molecular flexibility index (Phi) is 4.74. The van der Waals surface area contributed by atoms with Gasteiger partial charge in [0.15, 0.2) is 0 Å². The third-order valence-electron chi connectivity index (χ3n) is 3.97. The van der Waals surface area contributed by atoms with Crippen molar-refractivity contribution in [3.8, 4) is 0 Å². The van der Waals surface area contributed by atoms with Crippen LogP contribution in [0.25, 0.3) is 10.9 Å². The Bertz CT molecular complexity index is 926. The number of hydrogen-bond donors (Lipinski definition) is 2. The molecule has 0 unspecified atom stereocenters. The van der Waals surface area contributed by atoms with Gasteiger partial charge < -0.3 is 10.6 Å². The summed E-state index contributed by atoms with van der Waals surface area (Å²) in [6, 6.07) is 11.1. The molecular formula is C18H19N5O2. The van der Waals surface area contributed by atoms with Crippen molar-refractivity contribution < 1.29 is 4.92 Å². The molecule has 7 nitrogen and oxygen atoms in total. The van der Waals surface area contributed by atoms with Crippen molar-refractivity contribution >= 4 is 33.8 Å². The first kappa shape index (κ1) is 16.6. The summed E-state index contributed by atoms with van der Waals surface area (Å²) in [7, 11) is 0. The van der Waals surface area contributed by atoms with Crippen molar-refractivity contribution in [2.45, 2.75) is 20.3 Å². The van der Waals surface area contributed by atoms with Gasteiger partial charge in [0.2, 0.25) is 0 Å². The summed E-state index contributed by atoms with van der Waals surface area (Å²) >= 11 is 0. The number of benzene rings is 2. The average Bonchev–Trinajstić information content (AvgIpc) is 2.62. The van der Waals surface area contributed by atoms with Crippen LogP contribution in [0.1, 0.15) is 19.4 Å². The quantitative estimate of drug-likeness (QED) is 0.515. The Hall–Kier alpha value is -3.22. The van der Waals surface area contributed by atoms with Crippen molar-refractivity contribution in [1.82, 2.24) is 9.97 Å². The van der Waals surface area contributed by atoms with Gasteiger partial charge in [0.25, 0.3) is 5.69 Å². The fraction of sp³-hybridized carbons (Fsp3) is 0.222. The van der Waals surface area contributed by atoms with E-state index in [1.165, 1.54) is 12.4 Å². The minimum Gasteiger partial charge on any atom is -0.380 e. The van der Waals surface area contributed by atoms with Crippen molar-refractivity contribution in [1.29, 1.82) is 0 Å². The fourth-order valence-corrected chi connectivity index (χ4v) is 2.75. The number of aryl methyl sites for hydroxylation is 1. The second-order valence-corrected chi connectivity index (χ2v) is 5.53. The van der Waals surface area contributed by atoms with Gasteiger partial charge in [-0.1, -0.05) is 25.1 Å². The Labute approximate surface area is 145 Å². The molecule has 0 saturated carbocycles.